The van der Waals surface area contributed by atoms with Crippen molar-refractivity contribution in [2.24, 2.45) is 10.9 Å². The van der Waals surface area contributed by atoms with Crippen LogP contribution in [0.25, 0.3) is 10.9 Å². The molecule has 39 heavy (non-hydrogen) atoms. The number of aliphatic imine (C=N–C) groups is 1. The van der Waals surface area contributed by atoms with Crippen LogP contribution in [0.3, 0.4) is 0 Å². The predicted octanol–water partition coefficient (Wildman–Crippen LogP) is 6.80. The molecule has 4 aromatic rings. The van der Waals surface area contributed by atoms with E-state index in [1.807, 2.05) is 54.6 Å². The number of aromatic nitrogens is 1. The molecule has 0 radical (unpaired) electrons. The summed E-state index contributed by atoms with van der Waals surface area (Å²) < 4.78 is 0. The highest BCUT2D eigenvalue weighted by atomic mass is 16.3. The standard InChI is InChI=1S/C33H38N4O2/c1-3-23(2)17-18-34-32(38)26-13-16-29-28(21-26)30(33(39)36-29)31(25-9-5-4-6-10-25)35-27-14-11-24(12-15-27)22-37-19-7-8-20-37/h4-6,9-16,21,23,36,39H,3,7-8,17-20,22H2,1-2H3,(H,34,38). The Labute approximate surface area is 230 Å². The van der Waals surface area contributed by atoms with Crippen molar-refractivity contribution in [2.75, 3.05) is 19.6 Å². The van der Waals surface area contributed by atoms with E-state index in [9.17, 15) is 9.90 Å². The minimum absolute atomic E-state index is 0.0348. The Morgan fingerprint density at radius 3 is 2.49 bits per heavy atom. The van der Waals surface area contributed by atoms with E-state index in [1.54, 1.807) is 6.07 Å². The first-order valence-electron chi connectivity index (χ1n) is 14.1. The van der Waals surface area contributed by atoms with Gasteiger partial charge >= 0.3 is 0 Å². The van der Waals surface area contributed by atoms with Crippen molar-refractivity contribution >= 4 is 28.2 Å². The highest BCUT2D eigenvalue weighted by Gasteiger charge is 2.20. The van der Waals surface area contributed by atoms with Crippen molar-refractivity contribution in [3.63, 3.8) is 0 Å². The van der Waals surface area contributed by atoms with Gasteiger partial charge in [0.05, 0.1) is 17.0 Å². The van der Waals surface area contributed by atoms with E-state index >= 15 is 0 Å². The lowest BCUT2D eigenvalue weighted by atomic mass is 9.99. The fraction of sp³-hybridized carbons (Fsp3) is 0.333. The third-order valence-corrected chi connectivity index (χ3v) is 7.73. The van der Waals surface area contributed by atoms with Gasteiger partial charge in [0.15, 0.2) is 5.88 Å². The van der Waals surface area contributed by atoms with Gasteiger partial charge in [-0.2, -0.15) is 0 Å². The number of nitrogens with zero attached hydrogens (tertiary/aromatic N) is 2. The van der Waals surface area contributed by atoms with E-state index in [4.69, 9.17) is 4.99 Å². The van der Waals surface area contributed by atoms with E-state index in [1.165, 1.54) is 18.4 Å². The van der Waals surface area contributed by atoms with Crippen LogP contribution in [-0.2, 0) is 6.54 Å². The normalized spacial score (nSPS) is 15.1. The number of hydrogen-bond donors (Lipinski definition) is 3. The fourth-order valence-corrected chi connectivity index (χ4v) is 5.16. The third kappa shape index (κ3) is 6.40. The fourth-order valence-electron chi connectivity index (χ4n) is 5.16. The molecule has 0 aliphatic carbocycles. The maximum atomic E-state index is 12.9. The monoisotopic (exact) mass is 522 g/mol. The topological polar surface area (TPSA) is 80.7 Å². The zero-order valence-corrected chi connectivity index (χ0v) is 22.9. The molecular formula is C33H38N4O2. The quantitative estimate of drug-likeness (QED) is 0.200. The molecule has 0 spiro atoms. The first-order chi connectivity index (χ1) is 19.0. The Kier molecular flexibility index (Phi) is 8.42. The van der Waals surface area contributed by atoms with Crippen LogP contribution in [0, 0.1) is 5.92 Å². The van der Waals surface area contributed by atoms with Gasteiger partial charge in [0, 0.05) is 35.1 Å². The molecule has 5 rings (SSSR count). The lowest BCUT2D eigenvalue weighted by Gasteiger charge is -2.14. The SMILES string of the molecule is CCC(C)CCNC(=O)c1ccc2[nH]c(O)c(C(=Nc3ccc(CN4CCCC4)cc3)c3ccccc3)c2c1. The summed E-state index contributed by atoms with van der Waals surface area (Å²) in [5, 5.41) is 14.9. The van der Waals surface area contributed by atoms with E-state index in [0.717, 1.165) is 54.6 Å². The minimum Gasteiger partial charge on any atom is -0.494 e. The zero-order chi connectivity index (χ0) is 27.2. The molecule has 0 bridgehead atoms. The van der Waals surface area contributed by atoms with Gasteiger partial charge in [0.25, 0.3) is 5.91 Å². The van der Waals surface area contributed by atoms with Gasteiger partial charge < -0.3 is 15.4 Å². The Morgan fingerprint density at radius 1 is 1.03 bits per heavy atom. The first-order valence-corrected chi connectivity index (χ1v) is 14.1. The molecule has 202 valence electrons. The van der Waals surface area contributed by atoms with Crippen LogP contribution in [0.15, 0.2) is 77.8 Å². The maximum Gasteiger partial charge on any atom is 0.251 e. The molecule has 3 N–H and O–H groups in total. The first kappa shape index (κ1) is 26.7. The van der Waals surface area contributed by atoms with Crippen molar-refractivity contribution in [2.45, 2.75) is 46.1 Å². The van der Waals surface area contributed by atoms with Crippen LogP contribution in [0.5, 0.6) is 5.88 Å². The van der Waals surface area contributed by atoms with Gasteiger partial charge in [-0.1, -0.05) is 62.7 Å². The molecule has 6 heteroatoms. The summed E-state index contributed by atoms with van der Waals surface area (Å²) in [4.78, 5) is 23.5. The van der Waals surface area contributed by atoms with Crippen LogP contribution in [0.4, 0.5) is 5.69 Å². The number of H-pyrrole nitrogens is 1. The van der Waals surface area contributed by atoms with Gasteiger partial charge in [-0.25, -0.2) is 4.99 Å². The summed E-state index contributed by atoms with van der Waals surface area (Å²) in [6, 6.07) is 23.7. The summed E-state index contributed by atoms with van der Waals surface area (Å²) in [5.41, 5.74) is 5.53. The van der Waals surface area contributed by atoms with Crippen LogP contribution in [-0.4, -0.2) is 46.2 Å². The molecule has 1 aliphatic heterocycles. The Morgan fingerprint density at radius 2 is 1.77 bits per heavy atom. The molecule has 3 aromatic carbocycles. The number of likely N-dealkylation sites (tertiary alicyclic amines) is 1. The molecule has 1 amide bonds. The number of benzene rings is 3. The summed E-state index contributed by atoms with van der Waals surface area (Å²) in [5.74, 6) is 0.492. The highest BCUT2D eigenvalue weighted by molar-refractivity contribution is 6.22. The Balaban J connectivity index is 1.48. The average Bonchev–Trinajstić information content (AvgIpc) is 3.59. The predicted molar refractivity (Wildman–Crippen MR) is 159 cm³/mol. The summed E-state index contributed by atoms with van der Waals surface area (Å²) >= 11 is 0. The molecule has 1 saturated heterocycles. The third-order valence-electron chi connectivity index (χ3n) is 7.73. The number of amides is 1. The van der Waals surface area contributed by atoms with E-state index < -0.39 is 0 Å². The largest absolute Gasteiger partial charge is 0.494 e. The van der Waals surface area contributed by atoms with E-state index in [-0.39, 0.29) is 11.8 Å². The van der Waals surface area contributed by atoms with Gasteiger partial charge in [-0.05, 0) is 74.2 Å². The molecule has 1 fully saturated rings. The number of aromatic hydroxyl groups is 1. The number of carbonyl (C=O) groups is 1. The van der Waals surface area contributed by atoms with Gasteiger partial charge in [-0.15, -0.1) is 0 Å². The molecule has 1 unspecified atom stereocenters. The number of rotatable bonds is 10. The molecule has 0 saturated carbocycles. The van der Waals surface area contributed by atoms with Crippen molar-refractivity contribution in [1.29, 1.82) is 0 Å². The summed E-state index contributed by atoms with van der Waals surface area (Å²) in [6.07, 6.45) is 4.59. The number of carbonyl (C=O) groups excluding carboxylic acids is 1. The van der Waals surface area contributed by atoms with Gasteiger partial charge in [-0.3, -0.25) is 9.69 Å². The lowest BCUT2D eigenvalue weighted by Crippen LogP contribution is -2.25. The second-order valence-corrected chi connectivity index (χ2v) is 10.6. The summed E-state index contributed by atoms with van der Waals surface area (Å²) in [6.45, 7) is 8.28. The summed E-state index contributed by atoms with van der Waals surface area (Å²) in [7, 11) is 0. The molecule has 2 heterocycles. The van der Waals surface area contributed by atoms with Gasteiger partial charge in [0.2, 0.25) is 0 Å². The molecular weight excluding hydrogens is 484 g/mol. The smallest absolute Gasteiger partial charge is 0.251 e. The Hall–Kier alpha value is -3.90. The van der Waals surface area contributed by atoms with Crippen molar-refractivity contribution in [3.05, 3.63) is 95.1 Å². The number of aromatic amines is 1. The van der Waals surface area contributed by atoms with Crippen LogP contribution < -0.4 is 5.32 Å². The molecule has 1 aromatic heterocycles. The number of hydrogen-bond acceptors (Lipinski definition) is 4. The second kappa shape index (κ2) is 12.3. The number of nitrogens with one attached hydrogen (secondary N) is 2. The molecule has 6 nitrogen and oxygen atoms in total. The molecule has 1 aliphatic rings. The van der Waals surface area contributed by atoms with Crippen LogP contribution in [0.2, 0.25) is 0 Å². The maximum absolute atomic E-state index is 12.9. The van der Waals surface area contributed by atoms with E-state index in [0.29, 0.717) is 29.3 Å². The minimum atomic E-state index is -0.112. The Bertz CT molecular complexity index is 1430. The zero-order valence-electron chi connectivity index (χ0n) is 22.9. The average molecular weight is 523 g/mol. The van der Waals surface area contributed by atoms with Crippen LogP contribution in [0.1, 0.15) is 66.6 Å². The van der Waals surface area contributed by atoms with Crippen molar-refractivity contribution in [3.8, 4) is 5.88 Å². The lowest BCUT2D eigenvalue weighted by molar-refractivity contribution is 0.0951. The van der Waals surface area contributed by atoms with Gasteiger partial charge in [0.1, 0.15) is 0 Å². The molecule has 1 atom stereocenters. The highest BCUT2D eigenvalue weighted by Crippen LogP contribution is 2.32. The second-order valence-electron chi connectivity index (χ2n) is 10.6. The van der Waals surface area contributed by atoms with Crippen molar-refractivity contribution < 1.29 is 9.90 Å². The number of fused-ring (bicyclic) bond motifs is 1. The van der Waals surface area contributed by atoms with Crippen LogP contribution >= 0.6 is 0 Å². The van der Waals surface area contributed by atoms with Crippen molar-refractivity contribution in [1.82, 2.24) is 15.2 Å². The van der Waals surface area contributed by atoms with E-state index in [2.05, 4.69) is 41.2 Å².